The van der Waals surface area contributed by atoms with Crippen molar-refractivity contribution in [3.63, 3.8) is 0 Å². The first-order chi connectivity index (χ1) is 7.15. The highest BCUT2D eigenvalue weighted by molar-refractivity contribution is 5.94. The third-order valence-corrected chi connectivity index (χ3v) is 1.89. The van der Waals surface area contributed by atoms with E-state index in [0.717, 1.165) is 6.54 Å². The Bertz CT molecular complexity index is 337. The van der Waals surface area contributed by atoms with Gasteiger partial charge in [-0.3, -0.25) is 0 Å². The fraction of sp³-hybridized carbons (Fsp3) is 0.455. The summed E-state index contributed by atoms with van der Waals surface area (Å²) >= 11 is 0. The molecule has 1 aromatic rings. The predicted octanol–water partition coefficient (Wildman–Crippen LogP) is 1.94. The SMILES string of the molecule is COC(=O)c1cccnc1NCC(C)C. The average molecular weight is 208 g/mol. The highest BCUT2D eigenvalue weighted by atomic mass is 16.5. The number of anilines is 1. The van der Waals surface area contributed by atoms with Crippen LogP contribution in [0.15, 0.2) is 18.3 Å². The van der Waals surface area contributed by atoms with Crippen molar-refractivity contribution in [3.8, 4) is 0 Å². The van der Waals surface area contributed by atoms with Gasteiger partial charge in [0.05, 0.1) is 7.11 Å². The zero-order valence-corrected chi connectivity index (χ0v) is 9.28. The molecule has 15 heavy (non-hydrogen) atoms. The predicted molar refractivity (Wildman–Crippen MR) is 58.9 cm³/mol. The average Bonchev–Trinajstić information content (AvgIpc) is 2.25. The molecule has 0 unspecified atom stereocenters. The van der Waals surface area contributed by atoms with Crippen LogP contribution in [0, 0.1) is 5.92 Å². The highest BCUT2D eigenvalue weighted by Crippen LogP contribution is 2.12. The fourth-order valence-electron chi connectivity index (χ4n) is 1.12. The van der Waals surface area contributed by atoms with Crippen molar-refractivity contribution in [1.82, 2.24) is 4.98 Å². The first-order valence-corrected chi connectivity index (χ1v) is 4.92. The van der Waals surface area contributed by atoms with Crippen LogP contribution in [-0.2, 0) is 4.74 Å². The van der Waals surface area contributed by atoms with Crippen LogP contribution in [0.1, 0.15) is 24.2 Å². The van der Waals surface area contributed by atoms with Gasteiger partial charge >= 0.3 is 5.97 Å². The number of esters is 1. The molecule has 4 nitrogen and oxygen atoms in total. The molecule has 0 aliphatic heterocycles. The molecule has 4 heteroatoms. The molecule has 1 N–H and O–H groups in total. The molecule has 0 saturated heterocycles. The van der Waals surface area contributed by atoms with E-state index in [9.17, 15) is 4.79 Å². The largest absolute Gasteiger partial charge is 0.465 e. The van der Waals surface area contributed by atoms with Crippen molar-refractivity contribution < 1.29 is 9.53 Å². The molecule has 0 radical (unpaired) electrons. The zero-order valence-electron chi connectivity index (χ0n) is 9.28. The van der Waals surface area contributed by atoms with Gasteiger partial charge in [0.2, 0.25) is 0 Å². The number of hydrogen-bond acceptors (Lipinski definition) is 4. The lowest BCUT2D eigenvalue weighted by molar-refractivity contribution is 0.0601. The van der Waals surface area contributed by atoms with Crippen molar-refractivity contribution in [2.75, 3.05) is 19.0 Å². The number of rotatable bonds is 4. The molecule has 0 saturated carbocycles. The van der Waals surface area contributed by atoms with E-state index >= 15 is 0 Å². The van der Waals surface area contributed by atoms with E-state index in [0.29, 0.717) is 17.3 Å². The number of ether oxygens (including phenoxy) is 1. The van der Waals surface area contributed by atoms with Crippen LogP contribution in [0.4, 0.5) is 5.82 Å². The van der Waals surface area contributed by atoms with Gasteiger partial charge in [-0.25, -0.2) is 9.78 Å². The number of nitrogens with zero attached hydrogens (tertiary/aromatic N) is 1. The van der Waals surface area contributed by atoms with E-state index in [4.69, 9.17) is 0 Å². The molecule has 0 amide bonds. The Morgan fingerprint density at radius 1 is 1.60 bits per heavy atom. The Labute approximate surface area is 89.7 Å². The van der Waals surface area contributed by atoms with Gasteiger partial charge in [0.15, 0.2) is 0 Å². The molecule has 0 aliphatic rings. The number of carbonyl (C=O) groups excluding carboxylic acids is 1. The Morgan fingerprint density at radius 2 is 2.33 bits per heavy atom. The Hall–Kier alpha value is -1.58. The van der Waals surface area contributed by atoms with Gasteiger partial charge in [0.1, 0.15) is 11.4 Å². The van der Waals surface area contributed by atoms with Crippen LogP contribution in [0.2, 0.25) is 0 Å². The maximum absolute atomic E-state index is 11.4. The third-order valence-electron chi connectivity index (χ3n) is 1.89. The summed E-state index contributed by atoms with van der Waals surface area (Å²) in [6.07, 6.45) is 1.65. The van der Waals surface area contributed by atoms with Gasteiger partial charge in [-0.05, 0) is 18.1 Å². The second kappa shape index (κ2) is 5.34. The maximum Gasteiger partial charge on any atom is 0.341 e. The van der Waals surface area contributed by atoms with Crippen molar-refractivity contribution in [2.45, 2.75) is 13.8 Å². The quantitative estimate of drug-likeness (QED) is 0.768. The molecule has 0 fully saturated rings. The normalized spacial score (nSPS) is 10.1. The Kier molecular flexibility index (Phi) is 4.09. The second-order valence-electron chi connectivity index (χ2n) is 3.67. The van der Waals surface area contributed by atoms with Crippen molar-refractivity contribution >= 4 is 11.8 Å². The van der Waals surface area contributed by atoms with E-state index in [1.165, 1.54) is 7.11 Å². The van der Waals surface area contributed by atoms with Gasteiger partial charge in [-0.1, -0.05) is 13.8 Å². The van der Waals surface area contributed by atoms with Gasteiger partial charge in [-0.15, -0.1) is 0 Å². The summed E-state index contributed by atoms with van der Waals surface area (Å²) in [7, 11) is 1.36. The number of carbonyl (C=O) groups is 1. The standard InChI is InChI=1S/C11H16N2O2/c1-8(2)7-13-10-9(11(14)15-3)5-4-6-12-10/h4-6,8H,7H2,1-3H3,(H,12,13). The first kappa shape index (κ1) is 11.5. The molecule has 1 heterocycles. The van der Waals surface area contributed by atoms with Crippen molar-refractivity contribution in [1.29, 1.82) is 0 Å². The minimum atomic E-state index is -0.366. The fourth-order valence-corrected chi connectivity index (χ4v) is 1.12. The van der Waals surface area contributed by atoms with Crippen LogP contribution in [0.25, 0.3) is 0 Å². The summed E-state index contributed by atoms with van der Waals surface area (Å²) in [6.45, 7) is 4.96. The minimum absolute atomic E-state index is 0.366. The van der Waals surface area contributed by atoms with Gasteiger partial charge < -0.3 is 10.1 Å². The minimum Gasteiger partial charge on any atom is -0.465 e. The summed E-state index contributed by atoms with van der Waals surface area (Å²) in [5.74, 6) is 0.713. The molecule has 0 spiro atoms. The molecular formula is C11H16N2O2. The van der Waals surface area contributed by atoms with Crippen LogP contribution in [0.3, 0.4) is 0 Å². The van der Waals surface area contributed by atoms with E-state index in [1.807, 2.05) is 0 Å². The lowest BCUT2D eigenvalue weighted by atomic mass is 10.2. The molecule has 0 atom stereocenters. The van der Waals surface area contributed by atoms with E-state index in [-0.39, 0.29) is 5.97 Å². The number of pyridine rings is 1. The topological polar surface area (TPSA) is 51.2 Å². The summed E-state index contributed by atoms with van der Waals surface area (Å²) in [4.78, 5) is 15.5. The molecule has 1 rings (SSSR count). The van der Waals surface area contributed by atoms with Gasteiger partial charge in [0, 0.05) is 12.7 Å². The Morgan fingerprint density at radius 3 is 2.93 bits per heavy atom. The molecule has 0 aromatic carbocycles. The lowest BCUT2D eigenvalue weighted by Crippen LogP contribution is -2.13. The van der Waals surface area contributed by atoms with Crippen molar-refractivity contribution in [2.24, 2.45) is 5.92 Å². The highest BCUT2D eigenvalue weighted by Gasteiger charge is 2.11. The van der Waals surface area contributed by atoms with Gasteiger partial charge in [0.25, 0.3) is 0 Å². The number of aromatic nitrogens is 1. The molecule has 1 aromatic heterocycles. The van der Waals surface area contributed by atoms with E-state index < -0.39 is 0 Å². The first-order valence-electron chi connectivity index (χ1n) is 4.92. The van der Waals surface area contributed by atoms with Crippen molar-refractivity contribution in [3.05, 3.63) is 23.9 Å². The van der Waals surface area contributed by atoms with E-state index in [2.05, 4.69) is 28.9 Å². The lowest BCUT2D eigenvalue weighted by Gasteiger charge is -2.10. The zero-order chi connectivity index (χ0) is 11.3. The van der Waals surface area contributed by atoms with Gasteiger partial charge in [-0.2, -0.15) is 0 Å². The summed E-state index contributed by atoms with van der Waals surface area (Å²) in [5.41, 5.74) is 0.473. The van der Waals surface area contributed by atoms with Crippen LogP contribution in [0.5, 0.6) is 0 Å². The molecule has 0 aliphatic carbocycles. The smallest absolute Gasteiger partial charge is 0.341 e. The summed E-state index contributed by atoms with van der Waals surface area (Å²) in [6, 6.07) is 3.41. The number of nitrogens with one attached hydrogen (secondary N) is 1. The second-order valence-corrected chi connectivity index (χ2v) is 3.67. The maximum atomic E-state index is 11.4. The number of methoxy groups -OCH3 is 1. The molecule has 82 valence electrons. The molecular weight excluding hydrogens is 192 g/mol. The van der Waals surface area contributed by atoms with Crippen LogP contribution < -0.4 is 5.32 Å². The summed E-state index contributed by atoms with van der Waals surface area (Å²) < 4.78 is 4.66. The monoisotopic (exact) mass is 208 g/mol. The van der Waals surface area contributed by atoms with E-state index in [1.54, 1.807) is 18.3 Å². The third kappa shape index (κ3) is 3.23. The summed E-state index contributed by atoms with van der Waals surface area (Å²) in [5, 5.41) is 3.12. The number of hydrogen-bond donors (Lipinski definition) is 1. The van der Waals surface area contributed by atoms with Crippen LogP contribution >= 0.6 is 0 Å². The Balaban J connectivity index is 2.81. The molecule has 0 bridgehead atoms. The van der Waals surface area contributed by atoms with Crippen LogP contribution in [-0.4, -0.2) is 24.6 Å².